The minimum atomic E-state index is -0.671. The zero-order chi connectivity index (χ0) is 26.6. The summed E-state index contributed by atoms with van der Waals surface area (Å²) in [5.41, 5.74) is 9.73. The van der Waals surface area contributed by atoms with Crippen LogP contribution < -0.4 is 11.1 Å². The van der Waals surface area contributed by atoms with Gasteiger partial charge in [-0.25, -0.2) is 4.98 Å². The summed E-state index contributed by atoms with van der Waals surface area (Å²) in [6.07, 6.45) is 6.03. The number of rotatable bonds is 7. The number of benzene rings is 2. The number of aromatic nitrogens is 2. The number of nitro benzene ring substituents is 1. The molecule has 0 spiro atoms. The van der Waals surface area contributed by atoms with Crippen LogP contribution in [-0.4, -0.2) is 49.3 Å². The second-order valence-electron chi connectivity index (χ2n) is 10.2. The predicted molar refractivity (Wildman–Crippen MR) is 141 cm³/mol. The number of nitrogens with two attached hydrogens (primary N) is 1. The van der Waals surface area contributed by atoms with Gasteiger partial charge in [0.25, 0.3) is 5.69 Å². The number of nitrogens with zero attached hydrogens (tertiary/aromatic N) is 4. The Morgan fingerprint density at radius 3 is 2.50 bits per heavy atom. The third-order valence-electron chi connectivity index (χ3n) is 7.58. The summed E-state index contributed by atoms with van der Waals surface area (Å²) in [6, 6.07) is 15.0. The molecule has 198 valence electrons. The van der Waals surface area contributed by atoms with E-state index in [0.29, 0.717) is 13.0 Å². The largest absolute Gasteiger partial charge is 0.350 e. The van der Waals surface area contributed by atoms with Gasteiger partial charge in [-0.1, -0.05) is 55.3 Å². The average Bonchev–Trinajstić information content (AvgIpc) is 3.31. The predicted octanol–water partition coefficient (Wildman–Crippen LogP) is 2.72. The van der Waals surface area contributed by atoms with Gasteiger partial charge in [0.05, 0.1) is 35.6 Å². The molecule has 2 aliphatic rings. The molecular formula is C28H32N6O4. The lowest BCUT2D eigenvalue weighted by molar-refractivity contribution is -0.384. The van der Waals surface area contributed by atoms with Crippen molar-refractivity contribution in [2.24, 2.45) is 5.73 Å². The van der Waals surface area contributed by atoms with Crippen LogP contribution in [0.15, 0.2) is 60.9 Å². The van der Waals surface area contributed by atoms with E-state index < -0.39 is 11.0 Å². The molecule has 3 N–H and O–H groups in total. The highest BCUT2D eigenvalue weighted by molar-refractivity contribution is 5.89. The van der Waals surface area contributed by atoms with Gasteiger partial charge in [-0.15, -0.1) is 0 Å². The highest BCUT2D eigenvalue weighted by Crippen LogP contribution is 2.26. The second-order valence-corrected chi connectivity index (χ2v) is 10.2. The van der Waals surface area contributed by atoms with Crippen molar-refractivity contribution >= 4 is 17.5 Å². The highest BCUT2D eigenvalue weighted by atomic mass is 16.6. The van der Waals surface area contributed by atoms with Crippen LogP contribution in [-0.2, 0) is 35.5 Å². The summed E-state index contributed by atoms with van der Waals surface area (Å²) in [6.45, 7) is 0.706. The number of carbonyl (C=O) groups excluding carboxylic acids is 2. The van der Waals surface area contributed by atoms with Crippen molar-refractivity contribution in [2.45, 2.75) is 69.7 Å². The van der Waals surface area contributed by atoms with E-state index in [1.807, 2.05) is 34.9 Å². The molecule has 3 unspecified atom stereocenters. The lowest BCUT2D eigenvalue weighted by Gasteiger charge is -2.37. The van der Waals surface area contributed by atoms with Gasteiger partial charge in [-0.2, -0.15) is 0 Å². The Balaban J connectivity index is 1.39. The molecule has 2 amide bonds. The summed E-state index contributed by atoms with van der Waals surface area (Å²) < 4.78 is 1.95. The fraction of sp³-hybridized carbons (Fsp3) is 0.393. The Morgan fingerprint density at radius 2 is 1.79 bits per heavy atom. The van der Waals surface area contributed by atoms with Crippen molar-refractivity contribution in [1.82, 2.24) is 19.8 Å². The standard InChI is InChI=1S/C28H32N6O4/c29-22-8-4-5-9-23(22)31-28(36)25-15-24-26(17-33(25)27(35)14-19-6-2-1-3-7-19)32(18-30-24)16-20-10-12-21(13-11-20)34(37)38/h1-3,6-7,10-13,18,22-23,25H,4-5,8-9,14-17,29H2,(H,31,36). The zero-order valence-electron chi connectivity index (χ0n) is 21.2. The van der Waals surface area contributed by atoms with Crippen LogP contribution in [0.2, 0.25) is 0 Å². The Hall–Kier alpha value is -4.05. The molecule has 10 nitrogen and oxygen atoms in total. The van der Waals surface area contributed by atoms with E-state index in [1.54, 1.807) is 23.4 Å². The molecule has 1 fully saturated rings. The van der Waals surface area contributed by atoms with Crippen molar-refractivity contribution < 1.29 is 14.5 Å². The van der Waals surface area contributed by atoms with Gasteiger partial charge in [0.2, 0.25) is 11.8 Å². The van der Waals surface area contributed by atoms with Crippen LogP contribution in [0.5, 0.6) is 0 Å². The molecule has 5 rings (SSSR count). The maximum absolute atomic E-state index is 13.6. The summed E-state index contributed by atoms with van der Waals surface area (Å²) in [4.78, 5) is 43.9. The molecule has 0 radical (unpaired) electrons. The Labute approximate surface area is 221 Å². The molecule has 1 aromatic heterocycles. The number of nitrogens with one attached hydrogen (secondary N) is 1. The molecule has 2 aromatic carbocycles. The average molecular weight is 517 g/mol. The summed E-state index contributed by atoms with van der Waals surface area (Å²) in [5, 5.41) is 14.1. The number of hydrogen-bond donors (Lipinski definition) is 2. The molecule has 38 heavy (non-hydrogen) atoms. The maximum Gasteiger partial charge on any atom is 0.269 e. The number of imidazole rings is 1. The molecule has 1 aliphatic heterocycles. The summed E-state index contributed by atoms with van der Waals surface area (Å²) >= 11 is 0. The van der Waals surface area contributed by atoms with Crippen LogP contribution in [0, 0.1) is 10.1 Å². The first-order valence-corrected chi connectivity index (χ1v) is 13.0. The topological polar surface area (TPSA) is 136 Å². The molecule has 3 atom stereocenters. The normalized spacial score (nSPS) is 21.0. The van der Waals surface area contributed by atoms with E-state index in [-0.39, 0.29) is 42.6 Å². The first-order valence-electron chi connectivity index (χ1n) is 13.0. The number of carbonyl (C=O) groups is 2. The van der Waals surface area contributed by atoms with E-state index >= 15 is 0 Å². The molecule has 10 heteroatoms. The third kappa shape index (κ3) is 5.60. The van der Waals surface area contributed by atoms with Crippen molar-refractivity contribution in [2.75, 3.05) is 0 Å². The molecule has 1 saturated carbocycles. The summed E-state index contributed by atoms with van der Waals surface area (Å²) in [7, 11) is 0. The molecule has 0 bridgehead atoms. The second kappa shape index (κ2) is 11.1. The smallest absolute Gasteiger partial charge is 0.269 e. The van der Waals surface area contributed by atoms with Crippen LogP contribution >= 0.6 is 0 Å². The summed E-state index contributed by atoms with van der Waals surface area (Å²) in [5.74, 6) is -0.317. The van der Waals surface area contributed by atoms with Crippen molar-refractivity contribution in [3.05, 3.63) is 93.6 Å². The quantitative estimate of drug-likeness (QED) is 0.366. The monoisotopic (exact) mass is 516 g/mol. The first-order chi connectivity index (χ1) is 18.4. The highest BCUT2D eigenvalue weighted by Gasteiger charge is 2.38. The lowest BCUT2D eigenvalue weighted by Crippen LogP contribution is -2.58. The Bertz CT molecular complexity index is 1310. The van der Waals surface area contributed by atoms with E-state index in [9.17, 15) is 19.7 Å². The Morgan fingerprint density at radius 1 is 1.05 bits per heavy atom. The lowest BCUT2D eigenvalue weighted by atomic mass is 9.90. The fourth-order valence-corrected chi connectivity index (χ4v) is 5.41. The van der Waals surface area contributed by atoms with Gasteiger partial charge in [0.1, 0.15) is 6.04 Å². The minimum Gasteiger partial charge on any atom is -0.350 e. The minimum absolute atomic E-state index is 0.0330. The maximum atomic E-state index is 13.6. The number of fused-ring (bicyclic) bond motifs is 1. The van der Waals surface area contributed by atoms with Crippen LogP contribution in [0.1, 0.15) is 48.2 Å². The Kier molecular flexibility index (Phi) is 7.50. The molecular weight excluding hydrogens is 484 g/mol. The zero-order valence-corrected chi connectivity index (χ0v) is 21.2. The molecule has 2 heterocycles. The van der Waals surface area contributed by atoms with Crippen LogP contribution in [0.4, 0.5) is 5.69 Å². The van der Waals surface area contributed by atoms with E-state index in [2.05, 4.69) is 10.3 Å². The van der Waals surface area contributed by atoms with Gasteiger partial charge < -0.3 is 20.5 Å². The third-order valence-corrected chi connectivity index (χ3v) is 7.58. The van der Waals surface area contributed by atoms with E-state index in [1.165, 1.54) is 12.1 Å². The van der Waals surface area contributed by atoms with Gasteiger partial charge in [0.15, 0.2) is 0 Å². The molecule has 0 saturated heterocycles. The molecule has 1 aliphatic carbocycles. The van der Waals surface area contributed by atoms with Gasteiger partial charge in [-0.05, 0) is 24.0 Å². The number of nitro groups is 1. The number of hydrogen-bond acceptors (Lipinski definition) is 6. The number of amides is 2. The van der Waals surface area contributed by atoms with Gasteiger partial charge in [-0.3, -0.25) is 19.7 Å². The first kappa shape index (κ1) is 25.6. The van der Waals surface area contributed by atoms with Crippen molar-refractivity contribution in [3.8, 4) is 0 Å². The van der Waals surface area contributed by atoms with Crippen molar-refractivity contribution in [1.29, 1.82) is 0 Å². The van der Waals surface area contributed by atoms with Crippen LogP contribution in [0.25, 0.3) is 0 Å². The van der Waals surface area contributed by atoms with E-state index in [0.717, 1.165) is 48.2 Å². The van der Waals surface area contributed by atoms with Crippen LogP contribution in [0.3, 0.4) is 0 Å². The van der Waals surface area contributed by atoms with E-state index in [4.69, 9.17) is 5.73 Å². The van der Waals surface area contributed by atoms with Crippen molar-refractivity contribution in [3.63, 3.8) is 0 Å². The fourth-order valence-electron chi connectivity index (χ4n) is 5.41. The molecule has 3 aromatic rings. The van der Waals surface area contributed by atoms with Gasteiger partial charge in [0, 0.05) is 37.2 Å². The van der Waals surface area contributed by atoms with Gasteiger partial charge >= 0.3 is 0 Å². The number of non-ortho nitro benzene ring substituents is 1. The SMILES string of the molecule is NC1CCCCC1NC(=O)C1Cc2ncn(Cc3ccc([N+](=O)[O-])cc3)c2CN1C(=O)Cc1ccccc1.